The highest BCUT2D eigenvalue weighted by Crippen LogP contribution is 2.45. The molecule has 0 aliphatic carbocycles. The number of methoxy groups -OCH3 is 1. The van der Waals surface area contributed by atoms with Crippen LogP contribution in [0.4, 0.5) is 4.79 Å². The fraction of sp³-hybridized carbons (Fsp3) is 0.536. The molecule has 2 aromatic rings. The lowest BCUT2D eigenvalue weighted by Gasteiger charge is -2.43. The van der Waals surface area contributed by atoms with Gasteiger partial charge in [-0.25, -0.2) is 4.79 Å². The van der Waals surface area contributed by atoms with Crippen LogP contribution in [0, 0.1) is 5.92 Å². The van der Waals surface area contributed by atoms with Crippen LogP contribution in [0.5, 0.6) is 11.5 Å². The molecule has 0 bridgehead atoms. The minimum Gasteiger partial charge on any atom is -0.457 e. The van der Waals surface area contributed by atoms with Crippen molar-refractivity contribution in [3.05, 3.63) is 59.1 Å². The van der Waals surface area contributed by atoms with Gasteiger partial charge in [0.2, 0.25) is 0 Å². The second-order valence-corrected chi connectivity index (χ2v) is 10.1. The number of urea groups is 1. The van der Waals surface area contributed by atoms with E-state index >= 15 is 0 Å². The van der Waals surface area contributed by atoms with E-state index in [1.807, 2.05) is 61.3 Å². The van der Waals surface area contributed by atoms with Crippen molar-refractivity contribution in [3.8, 4) is 11.5 Å². The molecule has 1 unspecified atom stereocenters. The van der Waals surface area contributed by atoms with Gasteiger partial charge in [0.05, 0.1) is 5.60 Å². The number of piperidine rings is 1. The molecular formula is C28H40ClN3O4. The number of ether oxygens (including phenoxy) is 2. The Morgan fingerprint density at radius 3 is 2.75 bits per heavy atom. The number of hydrogen-bond donors (Lipinski definition) is 3. The van der Waals surface area contributed by atoms with Crippen molar-refractivity contribution in [3.63, 3.8) is 0 Å². The van der Waals surface area contributed by atoms with Gasteiger partial charge < -0.3 is 30.1 Å². The fourth-order valence-corrected chi connectivity index (χ4v) is 5.13. The van der Waals surface area contributed by atoms with Gasteiger partial charge in [-0.15, -0.1) is 0 Å². The third-order valence-corrected chi connectivity index (χ3v) is 7.03. The minimum absolute atomic E-state index is 0.00890. The van der Waals surface area contributed by atoms with Gasteiger partial charge in [0.25, 0.3) is 0 Å². The second kappa shape index (κ2) is 13.8. The number of nitrogens with one attached hydrogen (secondary N) is 2. The molecule has 7 nitrogen and oxygen atoms in total. The molecule has 2 amide bonds. The Bertz CT molecular complexity index is 961. The van der Waals surface area contributed by atoms with E-state index in [0.717, 1.165) is 25.7 Å². The Morgan fingerprint density at radius 2 is 2.03 bits per heavy atom. The van der Waals surface area contributed by atoms with Crippen molar-refractivity contribution in [1.82, 2.24) is 15.5 Å². The summed E-state index contributed by atoms with van der Waals surface area (Å²) in [6.07, 6.45) is 3.72. The van der Waals surface area contributed by atoms with Gasteiger partial charge in [-0.3, -0.25) is 0 Å². The third kappa shape index (κ3) is 7.59. The number of carbonyl (C=O) groups excluding carboxylic acids is 1. The van der Waals surface area contributed by atoms with Crippen LogP contribution in [-0.4, -0.2) is 62.5 Å². The van der Waals surface area contributed by atoms with E-state index in [-0.39, 0.29) is 18.0 Å². The molecule has 1 aliphatic heterocycles. The SMILES string of the molecule is CNCC(C)NC(=O)N1CCC[C@@H]([C@@](O)(CCCCOC)c2cc(Cl)ccc2Oc2ccccc2)C1. The topological polar surface area (TPSA) is 83.1 Å². The van der Waals surface area contributed by atoms with Crippen LogP contribution >= 0.6 is 11.6 Å². The summed E-state index contributed by atoms with van der Waals surface area (Å²) in [4.78, 5) is 14.8. The Balaban J connectivity index is 1.91. The van der Waals surface area contributed by atoms with Gasteiger partial charge in [-0.05, 0) is 76.4 Å². The number of hydrogen-bond acceptors (Lipinski definition) is 5. The monoisotopic (exact) mass is 517 g/mol. The summed E-state index contributed by atoms with van der Waals surface area (Å²) in [5.74, 6) is 1.09. The van der Waals surface area contributed by atoms with E-state index in [4.69, 9.17) is 21.1 Å². The van der Waals surface area contributed by atoms with E-state index < -0.39 is 5.60 Å². The molecule has 2 aromatic carbocycles. The summed E-state index contributed by atoms with van der Waals surface area (Å²) in [6, 6.07) is 14.8. The molecule has 0 spiro atoms. The highest BCUT2D eigenvalue weighted by atomic mass is 35.5. The summed E-state index contributed by atoms with van der Waals surface area (Å²) in [7, 11) is 3.55. The molecule has 0 radical (unpaired) electrons. The number of rotatable bonds is 12. The van der Waals surface area contributed by atoms with E-state index in [9.17, 15) is 9.90 Å². The third-order valence-electron chi connectivity index (χ3n) is 6.80. The van der Waals surface area contributed by atoms with Crippen LogP contribution in [0.25, 0.3) is 0 Å². The summed E-state index contributed by atoms with van der Waals surface area (Å²) in [6.45, 7) is 4.41. The number of carbonyl (C=O) groups is 1. The van der Waals surface area contributed by atoms with Crippen LogP contribution in [0.3, 0.4) is 0 Å². The lowest BCUT2D eigenvalue weighted by atomic mass is 9.73. The van der Waals surface area contributed by atoms with Crippen LogP contribution in [0.1, 0.15) is 44.6 Å². The molecule has 0 saturated carbocycles. The predicted octanol–water partition coefficient (Wildman–Crippen LogP) is 5.17. The zero-order valence-electron chi connectivity index (χ0n) is 21.6. The van der Waals surface area contributed by atoms with Crippen LogP contribution in [-0.2, 0) is 10.3 Å². The van der Waals surface area contributed by atoms with Gasteiger partial charge in [-0.1, -0.05) is 29.8 Å². The number of amides is 2. The van der Waals surface area contributed by atoms with Gasteiger partial charge >= 0.3 is 6.03 Å². The molecule has 3 N–H and O–H groups in total. The minimum atomic E-state index is -1.22. The van der Waals surface area contributed by atoms with Gasteiger partial charge in [0, 0.05) is 55.9 Å². The van der Waals surface area contributed by atoms with Crippen LogP contribution in [0.2, 0.25) is 5.02 Å². The summed E-state index contributed by atoms with van der Waals surface area (Å²) < 4.78 is 11.5. The first-order chi connectivity index (χ1) is 17.4. The maximum atomic E-state index is 13.0. The van der Waals surface area contributed by atoms with Crippen molar-refractivity contribution < 1.29 is 19.4 Å². The number of likely N-dealkylation sites (tertiary alicyclic amines) is 1. The van der Waals surface area contributed by atoms with E-state index in [1.54, 1.807) is 13.2 Å². The standard InChI is InChI=1S/C28H40ClN3O4/c1-21(19-30-2)31-27(33)32-16-9-10-22(20-32)28(34,15-7-8-17-35-3)25-18-23(29)13-14-26(25)36-24-11-5-4-6-12-24/h4-6,11-14,18,21-22,30,34H,7-10,15-17,19-20H2,1-3H3,(H,31,33)/t21?,22-,28+/m1/s1. The van der Waals surface area contributed by atoms with Crippen molar-refractivity contribution in [1.29, 1.82) is 0 Å². The Morgan fingerprint density at radius 1 is 1.25 bits per heavy atom. The van der Waals surface area contributed by atoms with Crippen molar-refractivity contribution in [2.75, 3.05) is 40.4 Å². The molecule has 36 heavy (non-hydrogen) atoms. The number of nitrogens with zero attached hydrogens (tertiary/aromatic N) is 1. The quantitative estimate of drug-likeness (QED) is 0.338. The smallest absolute Gasteiger partial charge is 0.317 e. The average Bonchev–Trinajstić information content (AvgIpc) is 2.88. The zero-order chi connectivity index (χ0) is 26.0. The molecule has 8 heteroatoms. The number of likely N-dealkylation sites (N-methyl/N-ethyl adjacent to an activating group) is 1. The Kier molecular flexibility index (Phi) is 10.9. The van der Waals surface area contributed by atoms with Gasteiger partial charge in [0.1, 0.15) is 11.5 Å². The number of benzene rings is 2. The molecule has 1 saturated heterocycles. The number of halogens is 1. The lowest BCUT2D eigenvalue weighted by molar-refractivity contribution is -0.0574. The molecule has 198 valence electrons. The van der Waals surface area contributed by atoms with E-state index in [1.165, 1.54) is 0 Å². The molecular weight excluding hydrogens is 478 g/mol. The molecule has 1 aliphatic rings. The zero-order valence-corrected chi connectivity index (χ0v) is 22.4. The van der Waals surface area contributed by atoms with E-state index in [0.29, 0.717) is 54.7 Å². The number of unbranched alkanes of at least 4 members (excludes halogenated alkanes) is 1. The molecule has 3 atom stereocenters. The van der Waals surface area contributed by atoms with Crippen LogP contribution in [0.15, 0.2) is 48.5 Å². The lowest BCUT2D eigenvalue weighted by Crippen LogP contribution is -2.53. The molecule has 0 aromatic heterocycles. The average molecular weight is 518 g/mol. The second-order valence-electron chi connectivity index (χ2n) is 9.62. The maximum Gasteiger partial charge on any atom is 0.317 e. The van der Waals surface area contributed by atoms with E-state index in [2.05, 4.69) is 10.6 Å². The summed E-state index contributed by atoms with van der Waals surface area (Å²) in [5.41, 5.74) is -0.565. The summed E-state index contributed by atoms with van der Waals surface area (Å²) in [5, 5.41) is 19.1. The Hall–Kier alpha value is -2.32. The van der Waals surface area contributed by atoms with Gasteiger partial charge in [0.15, 0.2) is 0 Å². The molecule has 1 fully saturated rings. The van der Waals surface area contributed by atoms with Crippen molar-refractivity contribution >= 4 is 17.6 Å². The number of aliphatic hydroxyl groups is 1. The highest BCUT2D eigenvalue weighted by molar-refractivity contribution is 6.30. The fourth-order valence-electron chi connectivity index (χ4n) is 4.96. The molecule has 3 rings (SSSR count). The first-order valence-electron chi connectivity index (χ1n) is 12.8. The normalized spacial score (nSPS) is 18.4. The van der Waals surface area contributed by atoms with Crippen molar-refractivity contribution in [2.45, 2.75) is 50.7 Å². The highest BCUT2D eigenvalue weighted by Gasteiger charge is 2.43. The Labute approximate surface area is 220 Å². The van der Waals surface area contributed by atoms with Gasteiger partial charge in [-0.2, -0.15) is 0 Å². The predicted molar refractivity (Wildman–Crippen MR) is 144 cm³/mol. The number of para-hydroxylation sites is 1. The van der Waals surface area contributed by atoms with Crippen molar-refractivity contribution in [2.24, 2.45) is 5.92 Å². The maximum absolute atomic E-state index is 13.0. The largest absolute Gasteiger partial charge is 0.457 e. The van der Waals surface area contributed by atoms with Crippen LogP contribution < -0.4 is 15.4 Å². The first-order valence-corrected chi connectivity index (χ1v) is 13.2. The molecule has 1 heterocycles. The first kappa shape index (κ1) is 28.3. The summed E-state index contributed by atoms with van der Waals surface area (Å²) >= 11 is 6.45.